The summed E-state index contributed by atoms with van der Waals surface area (Å²) in [5.41, 5.74) is 0.0181. The van der Waals surface area contributed by atoms with Gasteiger partial charge in [-0.25, -0.2) is 0 Å². The van der Waals surface area contributed by atoms with Gasteiger partial charge in [-0.05, 0) is 27.7 Å². The van der Waals surface area contributed by atoms with Crippen LogP contribution in [0.15, 0.2) is 0 Å². The summed E-state index contributed by atoms with van der Waals surface area (Å²) in [6, 6.07) is 0. The molecule has 0 aromatic carbocycles. The number of nitrogens with one attached hydrogen (secondary N) is 1. The first-order valence-corrected chi connectivity index (χ1v) is 4.36. The normalized spacial score (nSPS) is 11.4. The van der Waals surface area contributed by atoms with Crippen LogP contribution in [0.3, 0.4) is 0 Å². The van der Waals surface area contributed by atoms with Crippen LogP contribution in [0.1, 0.15) is 27.7 Å². The summed E-state index contributed by atoms with van der Waals surface area (Å²) in [5.74, 6) is 0.146. The van der Waals surface area contributed by atoms with Gasteiger partial charge in [-0.3, -0.25) is 4.79 Å². The second-order valence-corrected chi connectivity index (χ2v) is 4.01. The molecule has 0 fully saturated rings. The van der Waals surface area contributed by atoms with E-state index in [-0.39, 0.29) is 11.4 Å². The Hall–Kier alpha value is -0.570. The van der Waals surface area contributed by atoms with Crippen LogP contribution in [-0.2, 0) is 4.79 Å². The molecule has 0 radical (unpaired) electrons. The van der Waals surface area contributed by atoms with E-state index in [0.29, 0.717) is 6.54 Å². The summed E-state index contributed by atoms with van der Waals surface area (Å²) >= 11 is 0. The Bertz CT molecular complexity index is 149. The van der Waals surface area contributed by atoms with Crippen molar-refractivity contribution in [3.63, 3.8) is 0 Å². The van der Waals surface area contributed by atoms with Crippen molar-refractivity contribution in [2.75, 3.05) is 20.1 Å². The van der Waals surface area contributed by atoms with Crippen LogP contribution in [0.4, 0.5) is 0 Å². The highest BCUT2D eigenvalue weighted by Crippen LogP contribution is 1.97. The maximum Gasteiger partial charge on any atom is 0.236 e. The van der Waals surface area contributed by atoms with E-state index in [1.54, 1.807) is 4.90 Å². The molecule has 72 valence electrons. The van der Waals surface area contributed by atoms with Gasteiger partial charge in [0.25, 0.3) is 0 Å². The van der Waals surface area contributed by atoms with E-state index in [4.69, 9.17) is 0 Å². The average molecular weight is 172 g/mol. The van der Waals surface area contributed by atoms with Crippen molar-refractivity contribution >= 4 is 5.91 Å². The molecule has 0 unspecified atom stereocenters. The van der Waals surface area contributed by atoms with Crippen LogP contribution < -0.4 is 5.32 Å². The molecule has 3 nitrogen and oxygen atoms in total. The molecule has 0 saturated carbocycles. The van der Waals surface area contributed by atoms with E-state index in [2.05, 4.69) is 5.32 Å². The van der Waals surface area contributed by atoms with Crippen LogP contribution in [0, 0.1) is 0 Å². The monoisotopic (exact) mass is 172 g/mol. The molecule has 0 bridgehead atoms. The van der Waals surface area contributed by atoms with Gasteiger partial charge in [-0.15, -0.1) is 0 Å². The lowest BCUT2D eigenvalue weighted by Gasteiger charge is -2.22. The molecule has 0 atom stereocenters. The highest BCUT2D eigenvalue weighted by Gasteiger charge is 2.12. The van der Waals surface area contributed by atoms with Crippen LogP contribution >= 0.6 is 0 Å². The number of likely N-dealkylation sites (N-methyl/N-ethyl adjacent to an activating group) is 1. The van der Waals surface area contributed by atoms with Gasteiger partial charge in [0, 0.05) is 19.1 Å². The molecular weight excluding hydrogens is 152 g/mol. The minimum Gasteiger partial charge on any atom is -0.345 e. The second-order valence-electron chi connectivity index (χ2n) is 4.01. The van der Waals surface area contributed by atoms with Crippen molar-refractivity contribution in [2.45, 2.75) is 33.2 Å². The lowest BCUT2D eigenvalue weighted by Crippen LogP contribution is -2.43. The molecule has 0 aliphatic heterocycles. The number of hydrogen-bond acceptors (Lipinski definition) is 2. The first-order chi connectivity index (χ1) is 5.37. The quantitative estimate of drug-likeness (QED) is 0.684. The minimum absolute atomic E-state index is 0.0181. The largest absolute Gasteiger partial charge is 0.345 e. The predicted molar refractivity (Wildman–Crippen MR) is 51.1 cm³/mol. The van der Waals surface area contributed by atoms with Gasteiger partial charge < -0.3 is 10.2 Å². The molecule has 0 rings (SSSR count). The van der Waals surface area contributed by atoms with Crippen molar-refractivity contribution in [1.29, 1.82) is 0 Å². The number of carbonyl (C=O) groups excluding carboxylic acids is 1. The molecular formula is C9H20N2O. The Balaban J connectivity index is 3.72. The molecule has 0 aliphatic carbocycles. The van der Waals surface area contributed by atoms with Crippen molar-refractivity contribution < 1.29 is 4.79 Å². The van der Waals surface area contributed by atoms with Crippen LogP contribution in [0.5, 0.6) is 0 Å². The first-order valence-electron chi connectivity index (χ1n) is 4.36. The Kier molecular flexibility index (Phi) is 4.24. The number of rotatable bonds is 3. The molecule has 1 N–H and O–H groups in total. The molecule has 3 heteroatoms. The smallest absolute Gasteiger partial charge is 0.236 e. The highest BCUT2D eigenvalue weighted by atomic mass is 16.2. The van der Waals surface area contributed by atoms with Crippen LogP contribution in [-0.4, -0.2) is 36.5 Å². The summed E-state index contributed by atoms with van der Waals surface area (Å²) in [5, 5.41) is 3.15. The standard InChI is InChI=1S/C9H20N2O/c1-6-11(5)8(12)7-10-9(2,3)4/h10H,6-7H2,1-5H3. The molecule has 0 aliphatic rings. The molecule has 0 aromatic rings. The van der Waals surface area contributed by atoms with Crippen LogP contribution in [0.2, 0.25) is 0 Å². The molecule has 12 heavy (non-hydrogen) atoms. The van der Waals surface area contributed by atoms with Gasteiger partial charge in [0.15, 0.2) is 0 Å². The minimum atomic E-state index is 0.0181. The molecule has 1 amide bonds. The zero-order valence-electron chi connectivity index (χ0n) is 8.77. The first kappa shape index (κ1) is 11.4. The molecule has 0 aromatic heterocycles. The van der Waals surface area contributed by atoms with Gasteiger partial charge in [0.05, 0.1) is 6.54 Å². The second kappa shape index (κ2) is 4.45. The van der Waals surface area contributed by atoms with Crippen molar-refractivity contribution in [2.24, 2.45) is 0 Å². The number of hydrogen-bond donors (Lipinski definition) is 1. The predicted octanol–water partition coefficient (Wildman–Crippen LogP) is 0.853. The zero-order valence-corrected chi connectivity index (χ0v) is 8.77. The number of amides is 1. The summed E-state index contributed by atoms with van der Waals surface area (Å²) in [4.78, 5) is 13.0. The lowest BCUT2D eigenvalue weighted by atomic mass is 10.1. The van der Waals surface area contributed by atoms with Crippen molar-refractivity contribution in [3.05, 3.63) is 0 Å². The topological polar surface area (TPSA) is 32.3 Å². The highest BCUT2D eigenvalue weighted by molar-refractivity contribution is 5.77. The van der Waals surface area contributed by atoms with Gasteiger partial charge in [0.2, 0.25) is 5.91 Å². The fourth-order valence-corrected chi connectivity index (χ4v) is 0.652. The fraction of sp³-hybridized carbons (Fsp3) is 0.889. The maximum atomic E-state index is 11.3. The van der Waals surface area contributed by atoms with Gasteiger partial charge in [-0.2, -0.15) is 0 Å². The number of carbonyl (C=O) groups is 1. The van der Waals surface area contributed by atoms with E-state index in [1.807, 2.05) is 34.7 Å². The average Bonchev–Trinajstić information content (AvgIpc) is 1.97. The van der Waals surface area contributed by atoms with Crippen molar-refractivity contribution in [1.82, 2.24) is 10.2 Å². The zero-order chi connectivity index (χ0) is 9.78. The van der Waals surface area contributed by atoms with Gasteiger partial charge >= 0.3 is 0 Å². The van der Waals surface area contributed by atoms with E-state index in [9.17, 15) is 4.79 Å². The SMILES string of the molecule is CCN(C)C(=O)CNC(C)(C)C. The van der Waals surface area contributed by atoms with Gasteiger partial charge in [-0.1, -0.05) is 0 Å². The third kappa shape index (κ3) is 5.13. The Labute approximate surface area is 75.1 Å². The Morgan fingerprint density at radius 2 is 1.92 bits per heavy atom. The summed E-state index contributed by atoms with van der Waals surface area (Å²) in [7, 11) is 1.81. The third-order valence-electron chi connectivity index (χ3n) is 1.67. The maximum absolute atomic E-state index is 11.3. The number of nitrogens with zero attached hydrogens (tertiary/aromatic N) is 1. The van der Waals surface area contributed by atoms with Crippen molar-refractivity contribution in [3.8, 4) is 0 Å². The van der Waals surface area contributed by atoms with E-state index in [1.165, 1.54) is 0 Å². The van der Waals surface area contributed by atoms with E-state index < -0.39 is 0 Å². The summed E-state index contributed by atoms with van der Waals surface area (Å²) in [6.07, 6.45) is 0. The van der Waals surface area contributed by atoms with E-state index in [0.717, 1.165) is 6.54 Å². The fourth-order valence-electron chi connectivity index (χ4n) is 0.652. The molecule has 0 heterocycles. The summed E-state index contributed by atoms with van der Waals surface area (Å²) < 4.78 is 0. The molecule has 0 saturated heterocycles. The Morgan fingerprint density at radius 1 is 1.42 bits per heavy atom. The van der Waals surface area contributed by atoms with Crippen LogP contribution in [0.25, 0.3) is 0 Å². The third-order valence-corrected chi connectivity index (χ3v) is 1.67. The molecule has 0 spiro atoms. The van der Waals surface area contributed by atoms with E-state index >= 15 is 0 Å². The van der Waals surface area contributed by atoms with Gasteiger partial charge in [0.1, 0.15) is 0 Å². The summed E-state index contributed by atoms with van der Waals surface area (Å²) in [6.45, 7) is 9.30. The Morgan fingerprint density at radius 3 is 2.25 bits per heavy atom. The lowest BCUT2D eigenvalue weighted by molar-refractivity contribution is -0.129.